The summed E-state index contributed by atoms with van der Waals surface area (Å²) in [6.45, 7) is 4.28. The van der Waals surface area contributed by atoms with Gasteiger partial charge in [-0.15, -0.1) is 0 Å². The topological polar surface area (TPSA) is 122 Å². The van der Waals surface area contributed by atoms with Gasteiger partial charge < -0.3 is 10.1 Å². The van der Waals surface area contributed by atoms with Crippen LogP contribution in [-0.4, -0.2) is 48.2 Å². The van der Waals surface area contributed by atoms with E-state index in [-0.39, 0.29) is 16.7 Å². The minimum atomic E-state index is -1.40. The molecule has 172 valence electrons. The van der Waals surface area contributed by atoms with E-state index in [1.165, 1.54) is 30.1 Å². The van der Waals surface area contributed by atoms with Crippen molar-refractivity contribution in [2.24, 2.45) is 5.92 Å². The van der Waals surface area contributed by atoms with Crippen molar-refractivity contribution in [3.8, 4) is 0 Å². The third-order valence-corrected chi connectivity index (χ3v) is 5.17. The van der Waals surface area contributed by atoms with Crippen LogP contribution in [0, 0.1) is 5.92 Å². The van der Waals surface area contributed by atoms with E-state index < -0.39 is 35.8 Å². The Bertz CT molecular complexity index is 1100. The molecular weight excluding hydrogens is 426 g/mol. The van der Waals surface area contributed by atoms with Crippen LogP contribution in [0.25, 0.3) is 0 Å². The van der Waals surface area contributed by atoms with Gasteiger partial charge in [-0.25, -0.2) is 9.59 Å². The number of fused-ring (bicyclic) bond motifs is 1. The van der Waals surface area contributed by atoms with Crippen molar-refractivity contribution in [3.05, 3.63) is 70.8 Å². The molecule has 0 unspecified atom stereocenters. The summed E-state index contributed by atoms with van der Waals surface area (Å²) in [7, 11) is 1.35. The summed E-state index contributed by atoms with van der Waals surface area (Å²) in [6.07, 6.45) is -0.733. The predicted molar refractivity (Wildman–Crippen MR) is 118 cm³/mol. The zero-order valence-corrected chi connectivity index (χ0v) is 18.6. The van der Waals surface area contributed by atoms with E-state index in [4.69, 9.17) is 4.74 Å². The second kappa shape index (κ2) is 10.1. The molecule has 2 aromatic rings. The first-order chi connectivity index (χ1) is 15.7. The number of hydrogen-bond donors (Lipinski definition) is 2. The number of esters is 1. The first kappa shape index (κ1) is 23.6. The number of ether oxygens (including phenoxy) is 1. The summed E-state index contributed by atoms with van der Waals surface area (Å²) in [4.78, 5) is 63.5. The molecule has 2 N–H and O–H groups in total. The van der Waals surface area contributed by atoms with Crippen LogP contribution in [0.2, 0.25) is 0 Å². The van der Waals surface area contributed by atoms with Crippen molar-refractivity contribution in [2.45, 2.75) is 26.4 Å². The highest BCUT2D eigenvalue weighted by Crippen LogP contribution is 2.26. The Balaban J connectivity index is 1.83. The third-order valence-electron chi connectivity index (χ3n) is 5.17. The number of hydrogen-bond acceptors (Lipinski definition) is 6. The first-order valence-corrected chi connectivity index (χ1v) is 10.5. The summed E-state index contributed by atoms with van der Waals surface area (Å²) in [6, 6.07) is 11.5. The van der Waals surface area contributed by atoms with Crippen molar-refractivity contribution in [2.75, 3.05) is 13.6 Å². The van der Waals surface area contributed by atoms with Crippen LogP contribution in [0.15, 0.2) is 48.5 Å². The monoisotopic (exact) mass is 451 g/mol. The molecule has 3 rings (SSSR count). The summed E-state index contributed by atoms with van der Waals surface area (Å²) in [5.41, 5.74) is 0.704. The Kier molecular flexibility index (Phi) is 7.22. The van der Waals surface area contributed by atoms with E-state index in [0.29, 0.717) is 24.4 Å². The second-order valence-electron chi connectivity index (χ2n) is 7.97. The van der Waals surface area contributed by atoms with E-state index >= 15 is 0 Å². The SMILES string of the molecule is CNC(=O)NC(=O)[C@@H](OC(=O)c1ccc2c(c1)C(=O)N(CCC(C)C)C2=O)c1ccccc1. The number of amides is 5. The number of nitrogens with zero attached hydrogens (tertiary/aromatic N) is 1. The summed E-state index contributed by atoms with van der Waals surface area (Å²) in [5.74, 6) is -2.26. The molecule has 1 aliphatic rings. The number of imide groups is 2. The van der Waals surface area contributed by atoms with Gasteiger partial charge in [0.05, 0.1) is 16.7 Å². The van der Waals surface area contributed by atoms with E-state index in [2.05, 4.69) is 10.6 Å². The highest BCUT2D eigenvalue weighted by atomic mass is 16.5. The fraction of sp³-hybridized carbons (Fsp3) is 0.292. The normalized spacial score (nSPS) is 13.5. The van der Waals surface area contributed by atoms with Crippen LogP contribution in [0.4, 0.5) is 4.79 Å². The minimum Gasteiger partial charge on any atom is -0.444 e. The Labute approximate surface area is 191 Å². The predicted octanol–water partition coefficient (Wildman–Crippen LogP) is 2.68. The van der Waals surface area contributed by atoms with Gasteiger partial charge in [-0.3, -0.25) is 24.6 Å². The molecule has 0 aromatic heterocycles. The smallest absolute Gasteiger partial charge is 0.339 e. The van der Waals surface area contributed by atoms with Crippen LogP contribution < -0.4 is 10.6 Å². The largest absolute Gasteiger partial charge is 0.444 e. The lowest BCUT2D eigenvalue weighted by Crippen LogP contribution is -2.41. The average molecular weight is 451 g/mol. The fourth-order valence-corrected chi connectivity index (χ4v) is 3.32. The van der Waals surface area contributed by atoms with Gasteiger partial charge in [-0.2, -0.15) is 0 Å². The van der Waals surface area contributed by atoms with Crippen LogP contribution >= 0.6 is 0 Å². The standard InChI is InChI=1S/C24H25N3O6/c1-14(2)11-12-27-21(29)17-10-9-16(13-18(17)22(27)30)23(31)33-19(15-7-5-4-6-8-15)20(28)26-24(32)25-3/h4-10,13-14,19H,11-12H2,1-3H3,(H2,25,26,28,32)/t19-/m0/s1. The van der Waals surface area contributed by atoms with E-state index in [9.17, 15) is 24.0 Å². The molecule has 5 amide bonds. The molecule has 9 nitrogen and oxygen atoms in total. The molecule has 1 atom stereocenters. The third kappa shape index (κ3) is 5.25. The first-order valence-electron chi connectivity index (χ1n) is 10.5. The Morgan fingerprint density at radius 1 is 0.970 bits per heavy atom. The van der Waals surface area contributed by atoms with Crippen LogP contribution in [0.3, 0.4) is 0 Å². The molecule has 1 heterocycles. The van der Waals surface area contributed by atoms with Gasteiger partial charge in [0.15, 0.2) is 0 Å². The lowest BCUT2D eigenvalue weighted by molar-refractivity contribution is -0.129. The van der Waals surface area contributed by atoms with E-state index in [1.807, 2.05) is 13.8 Å². The highest BCUT2D eigenvalue weighted by Gasteiger charge is 2.36. The number of carbonyl (C=O) groups excluding carboxylic acids is 5. The van der Waals surface area contributed by atoms with Crippen molar-refractivity contribution < 1.29 is 28.7 Å². The van der Waals surface area contributed by atoms with Crippen LogP contribution in [0.1, 0.15) is 63.0 Å². The molecule has 0 bridgehead atoms. The maximum Gasteiger partial charge on any atom is 0.339 e. The van der Waals surface area contributed by atoms with Crippen LogP contribution in [-0.2, 0) is 9.53 Å². The van der Waals surface area contributed by atoms with Gasteiger partial charge in [-0.1, -0.05) is 44.2 Å². The molecule has 2 aromatic carbocycles. The zero-order chi connectivity index (χ0) is 24.1. The maximum absolute atomic E-state index is 12.9. The molecular formula is C24H25N3O6. The van der Waals surface area contributed by atoms with Crippen molar-refractivity contribution >= 4 is 29.7 Å². The lowest BCUT2D eigenvalue weighted by Gasteiger charge is -2.17. The van der Waals surface area contributed by atoms with Gasteiger partial charge in [0.2, 0.25) is 6.10 Å². The molecule has 9 heteroatoms. The average Bonchev–Trinajstić information content (AvgIpc) is 3.05. The summed E-state index contributed by atoms with van der Waals surface area (Å²) in [5, 5.41) is 4.36. The van der Waals surface area contributed by atoms with Gasteiger partial charge in [0, 0.05) is 19.2 Å². The van der Waals surface area contributed by atoms with Gasteiger partial charge in [0.25, 0.3) is 17.7 Å². The Hall–Kier alpha value is -4.01. The number of urea groups is 1. The van der Waals surface area contributed by atoms with Crippen molar-refractivity contribution in [1.82, 2.24) is 15.5 Å². The number of benzene rings is 2. The fourth-order valence-electron chi connectivity index (χ4n) is 3.32. The van der Waals surface area contributed by atoms with Crippen molar-refractivity contribution in [3.63, 3.8) is 0 Å². The highest BCUT2D eigenvalue weighted by molar-refractivity contribution is 6.22. The van der Waals surface area contributed by atoms with E-state index in [0.717, 1.165) is 0 Å². The molecule has 0 saturated carbocycles. The second-order valence-corrected chi connectivity index (χ2v) is 7.97. The van der Waals surface area contributed by atoms with Crippen molar-refractivity contribution in [1.29, 1.82) is 0 Å². The molecule has 0 fully saturated rings. The summed E-state index contributed by atoms with van der Waals surface area (Å²) >= 11 is 0. The molecule has 1 aliphatic heterocycles. The Morgan fingerprint density at radius 3 is 2.27 bits per heavy atom. The Morgan fingerprint density at radius 2 is 1.64 bits per heavy atom. The quantitative estimate of drug-likeness (QED) is 0.493. The van der Waals surface area contributed by atoms with E-state index in [1.54, 1.807) is 30.3 Å². The van der Waals surface area contributed by atoms with Gasteiger partial charge in [-0.05, 0) is 30.5 Å². The van der Waals surface area contributed by atoms with Gasteiger partial charge >= 0.3 is 12.0 Å². The van der Waals surface area contributed by atoms with Crippen LogP contribution in [0.5, 0.6) is 0 Å². The lowest BCUT2D eigenvalue weighted by atomic mass is 10.1. The number of nitrogens with one attached hydrogen (secondary N) is 2. The molecule has 33 heavy (non-hydrogen) atoms. The van der Waals surface area contributed by atoms with Gasteiger partial charge in [0.1, 0.15) is 0 Å². The molecule has 0 spiro atoms. The zero-order valence-electron chi connectivity index (χ0n) is 18.6. The number of rotatable bonds is 7. The molecule has 0 aliphatic carbocycles. The number of carbonyl (C=O) groups is 5. The minimum absolute atomic E-state index is 0.00860. The molecule has 0 saturated heterocycles. The maximum atomic E-state index is 12.9. The molecule has 0 radical (unpaired) electrons. The summed E-state index contributed by atoms with van der Waals surface area (Å²) < 4.78 is 5.42.